The van der Waals surface area contributed by atoms with Gasteiger partial charge in [-0.3, -0.25) is 4.79 Å². The summed E-state index contributed by atoms with van der Waals surface area (Å²) in [5.74, 6) is 1.70. The van der Waals surface area contributed by atoms with Crippen molar-refractivity contribution in [2.45, 2.75) is 13.8 Å². The van der Waals surface area contributed by atoms with Crippen LogP contribution < -0.4 is 4.90 Å². The van der Waals surface area contributed by atoms with Gasteiger partial charge < -0.3 is 9.80 Å². The Morgan fingerprint density at radius 1 is 1.00 bits per heavy atom. The van der Waals surface area contributed by atoms with Gasteiger partial charge >= 0.3 is 0 Å². The number of piperazine rings is 1. The predicted octanol–water partition coefficient (Wildman–Crippen LogP) is 2.24. The van der Waals surface area contributed by atoms with E-state index in [4.69, 9.17) is 0 Å². The molecule has 2 aromatic heterocycles. The van der Waals surface area contributed by atoms with Gasteiger partial charge in [-0.1, -0.05) is 17.7 Å². The second-order valence-corrected chi connectivity index (χ2v) is 6.78. The van der Waals surface area contributed by atoms with Gasteiger partial charge in [-0.15, -0.1) is 0 Å². The van der Waals surface area contributed by atoms with Crippen molar-refractivity contribution >= 4 is 11.7 Å². The van der Waals surface area contributed by atoms with Gasteiger partial charge in [0.2, 0.25) is 0 Å². The van der Waals surface area contributed by atoms with Crippen molar-refractivity contribution in [3.63, 3.8) is 0 Å². The first kappa shape index (κ1) is 17.2. The lowest BCUT2D eigenvalue weighted by atomic mass is 10.0. The number of rotatable bonds is 3. The molecule has 27 heavy (non-hydrogen) atoms. The molecule has 3 aromatic rings. The van der Waals surface area contributed by atoms with Gasteiger partial charge in [0.25, 0.3) is 5.91 Å². The summed E-state index contributed by atoms with van der Waals surface area (Å²) < 4.78 is 1.71. The van der Waals surface area contributed by atoms with Crippen LogP contribution in [0.2, 0.25) is 0 Å². The number of nitrogens with zero attached hydrogens (tertiary/aromatic N) is 6. The number of benzene rings is 1. The fraction of sp³-hybridized carbons (Fsp3) is 0.300. The van der Waals surface area contributed by atoms with E-state index in [2.05, 4.69) is 20.0 Å². The van der Waals surface area contributed by atoms with Crippen LogP contribution in [0.4, 0.5) is 5.82 Å². The van der Waals surface area contributed by atoms with Crippen LogP contribution in [0.3, 0.4) is 0 Å². The first-order valence-corrected chi connectivity index (χ1v) is 9.05. The molecule has 0 radical (unpaired) electrons. The largest absolute Gasteiger partial charge is 0.353 e. The third-order valence-electron chi connectivity index (χ3n) is 4.89. The Hall–Kier alpha value is -3.22. The number of carbonyl (C=O) groups excluding carboxylic acids is 1. The Bertz CT molecular complexity index is 945. The van der Waals surface area contributed by atoms with Crippen molar-refractivity contribution in [2.24, 2.45) is 0 Å². The summed E-state index contributed by atoms with van der Waals surface area (Å²) in [5.41, 5.74) is 2.92. The van der Waals surface area contributed by atoms with Crippen LogP contribution in [-0.2, 0) is 0 Å². The molecule has 7 heteroatoms. The zero-order valence-corrected chi connectivity index (χ0v) is 15.5. The molecule has 0 aliphatic carbocycles. The third-order valence-corrected chi connectivity index (χ3v) is 4.89. The second kappa shape index (κ2) is 7.19. The Morgan fingerprint density at radius 2 is 1.78 bits per heavy atom. The summed E-state index contributed by atoms with van der Waals surface area (Å²) in [6.45, 7) is 6.83. The molecule has 138 valence electrons. The SMILES string of the molecule is Cc1ccc(C)c(C(=O)N2CCN(c3cc(-n4cccn4)ncn3)CC2)c1. The average molecular weight is 362 g/mol. The maximum Gasteiger partial charge on any atom is 0.254 e. The molecule has 1 aromatic carbocycles. The van der Waals surface area contributed by atoms with E-state index in [0.29, 0.717) is 13.1 Å². The quantitative estimate of drug-likeness (QED) is 0.715. The molecule has 0 atom stereocenters. The maximum atomic E-state index is 12.9. The molecular formula is C20H22N6O. The van der Waals surface area contributed by atoms with Gasteiger partial charge in [0.05, 0.1) is 0 Å². The second-order valence-electron chi connectivity index (χ2n) is 6.78. The number of aryl methyl sites for hydroxylation is 2. The van der Waals surface area contributed by atoms with Crippen molar-refractivity contribution in [3.8, 4) is 5.82 Å². The molecule has 1 aliphatic heterocycles. The van der Waals surface area contributed by atoms with Crippen LogP contribution in [0.25, 0.3) is 5.82 Å². The van der Waals surface area contributed by atoms with E-state index in [1.807, 2.05) is 55.3 Å². The van der Waals surface area contributed by atoms with E-state index in [1.165, 1.54) is 0 Å². The molecular weight excluding hydrogens is 340 g/mol. The summed E-state index contributed by atoms with van der Waals surface area (Å²) in [6, 6.07) is 9.81. The zero-order chi connectivity index (χ0) is 18.8. The van der Waals surface area contributed by atoms with Gasteiger partial charge in [-0.2, -0.15) is 5.10 Å². The standard InChI is InChI=1S/C20H22N6O/c1-15-4-5-16(2)17(12-15)20(27)25-10-8-24(9-11-25)18-13-19(22-14-21-18)26-7-3-6-23-26/h3-7,12-14H,8-11H2,1-2H3. The van der Waals surface area contributed by atoms with E-state index < -0.39 is 0 Å². The lowest BCUT2D eigenvalue weighted by Gasteiger charge is -2.35. The van der Waals surface area contributed by atoms with Gasteiger partial charge in [0, 0.05) is 50.2 Å². The first-order valence-electron chi connectivity index (χ1n) is 9.05. The number of hydrogen-bond donors (Lipinski definition) is 0. The van der Waals surface area contributed by atoms with Gasteiger partial charge in [0.1, 0.15) is 12.1 Å². The Kier molecular flexibility index (Phi) is 4.58. The van der Waals surface area contributed by atoms with Gasteiger partial charge in [0.15, 0.2) is 5.82 Å². The molecule has 1 amide bonds. The predicted molar refractivity (Wildman–Crippen MR) is 103 cm³/mol. The topological polar surface area (TPSA) is 67.2 Å². The highest BCUT2D eigenvalue weighted by Crippen LogP contribution is 2.18. The van der Waals surface area contributed by atoms with E-state index in [-0.39, 0.29) is 5.91 Å². The minimum absolute atomic E-state index is 0.107. The van der Waals surface area contributed by atoms with Crippen molar-refractivity contribution < 1.29 is 4.79 Å². The number of amides is 1. The molecule has 0 bridgehead atoms. The molecule has 0 saturated carbocycles. The fourth-order valence-corrected chi connectivity index (χ4v) is 3.31. The van der Waals surface area contributed by atoms with Crippen LogP contribution in [0.5, 0.6) is 0 Å². The molecule has 1 aliphatic rings. The number of hydrogen-bond acceptors (Lipinski definition) is 5. The zero-order valence-electron chi connectivity index (χ0n) is 15.5. The normalized spacial score (nSPS) is 14.4. The summed E-state index contributed by atoms with van der Waals surface area (Å²) in [7, 11) is 0. The average Bonchev–Trinajstić information content (AvgIpc) is 3.24. The van der Waals surface area contributed by atoms with E-state index >= 15 is 0 Å². The van der Waals surface area contributed by atoms with Crippen LogP contribution in [-0.4, -0.2) is 56.7 Å². The molecule has 1 saturated heterocycles. The van der Waals surface area contributed by atoms with Crippen molar-refractivity contribution in [2.75, 3.05) is 31.1 Å². The van der Waals surface area contributed by atoms with E-state index in [9.17, 15) is 4.79 Å². The van der Waals surface area contributed by atoms with E-state index in [1.54, 1.807) is 17.2 Å². The minimum atomic E-state index is 0.107. The smallest absolute Gasteiger partial charge is 0.254 e. The van der Waals surface area contributed by atoms with Gasteiger partial charge in [-0.05, 0) is 31.5 Å². The van der Waals surface area contributed by atoms with Crippen molar-refractivity contribution in [3.05, 3.63) is 65.7 Å². The maximum absolute atomic E-state index is 12.9. The molecule has 1 fully saturated rings. The van der Waals surface area contributed by atoms with Crippen LogP contribution in [0.15, 0.2) is 49.1 Å². The Balaban J connectivity index is 1.45. The van der Waals surface area contributed by atoms with Crippen LogP contribution in [0, 0.1) is 13.8 Å². The summed E-state index contributed by atoms with van der Waals surface area (Å²) >= 11 is 0. The minimum Gasteiger partial charge on any atom is -0.353 e. The van der Waals surface area contributed by atoms with E-state index in [0.717, 1.165) is 41.4 Å². The summed E-state index contributed by atoms with van der Waals surface area (Å²) in [4.78, 5) is 25.7. The van der Waals surface area contributed by atoms with Gasteiger partial charge in [-0.25, -0.2) is 14.6 Å². The Morgan fingerprint density at radius 3 is 2.52 bits per heavy atom. The summed E-state index contributed by atoms with van der Waals surface area (Å²) in [5, 5.41) is 4.21. The first-order chi connectivity index (χ1) is 13.1. The molecule has 0 unspecified atom stereocenters. The van der Waals surface area contributed by atoms with Crippen molar-refractivity contribution in [1.82, 2.24) is 24.6 Å². The van der Waals surface area contributed by atoms with Crippen LogP contribution >= 0.6 is 0 Å². The molecule has 7 nitrogen and oxygen atoms in total. The molecule has 0 N–H and O–H groups in total. The highest BCUT2D eigenvalue weighted by molar-refractivity contribution is 5.96. The Labute approximate surface area is 158 Å². The third kappa shape index (κ3) is 3.53. The molecule has 0 spiro atoms. The summed E-state index contributed by atoms with van der Waals surface area (Å²) in [6.07, 6.45) is 5.13. The highest BCUT2D eigenvalue weighted by Gasteiger charge is 2.24. The lowest BCUT2D eigenvalue weighted by molar-refractivity contribution is 0.0745. The number of carbonyl (C=O) groups is 1. The monoisotopic (exact) mass is 362 g/mol. The van der Waals surface area contributed by atoms with Crippen LogP contribution in [0.1, 0.15) is 21.5 Å². The van der Waals surface area contributed by atoms with Crippen molar-refractivity contribution in [1.29, 1.82) is 0 Å². The lowest BCUT2D eigenvalue weighted by Crippen LogP contribution is -2.49. The molecule has 3 heterocycles. The number of aromatic nitrogens is 4. The highest BCUT2D eigenvalue weighted by atomic mass is 16.2. The number of anilines is 1. The fourth-order valence-electron chi connectivity index (χ4n) is 3.31. The molecule has 4 rings (SSSR count).